The van der Waals surface area contributed by atoms with Gasteiger partial charge in [0.2, 0.25) is 5.91 Å². The molecule has 154 valence electrons. The van der Waals surface area contributed by atoms with Crippen molar-refractivity contribution in [3.63, 3.8) is 0 Å². The Morgan fingerprint density at radius 1 is 1.16 bits per heavy atom. The molecule has 1 N–H and O–H groups in total. The minimum absolute atomic E-state index is 0.0510. The molecule has 0 radical (unpaired) electrons. The van der Waals surface area contributed by atoms with Crippen LogP contribution in [0.25, 0.3) is 16.6 Å². The molecule has 1 fully saturated rings. The molecule has 0 atom stereocenters. The van der Waals surface area contributed by atoms with Crippen LogP contribution in [-0.4, -0.2) is 43.4 Å². The fraction of sp³-hybridized carbons (Fsp3) is 0.227. The number of benzene rings is 1. The third-order valence-corrected chi connectivity index (χ3v) is 5.62. The molecule has 1 aliphatic heterocycles. The van der Waals surface area contributed by atoms with Crippen molar-refractivity contribution >= 4 is 22.9 Å². The smallest absolute Gasteiger partial charge is 0.233 e. The van der Waals surface area contributed by atoms with Crippen LogP contribution < -0.4 is 10.2 Å². The van der Waals surface area contributed by atoms with Gasteiger partial charge < -0.3 is 10.2 Å². The van der Waals surface area contributed by atoms with Crippen LogP contribution in [0.2, 0.25) is 0 Å². The van der Waals surface area contributed by atoms with Gasteiger partial charge in [0.05, 0.1) is 23.2 Å². The number of rotatable bonds is 4. The lowest BCUT2D eigenvalue weighted by molar-refractivity contribution is -0.126. The highest BCUT2D eigenvalue weighted by atomic mass is 16.2. The molecule has 5 rings (SSSR count). The van der Waals surface area contributed by atoms with Crippen LogP contribution in [-0.2, 0) is 11.8 Å². The maximum absolute atomic E-state index is 12.9. The number of carbonyl (C=O) groups is 1. The van der Waals surface area contributed by atoms with Gasteiger partial charge in [-0.1, -0.05) is 0 Å². The summed E-state index contributed by atoms with van der Waals surface area (Å²) in [6.07, 6.45) is 7.25. The highest BCUT2D eigenvalue weighted by Gasteiger charge is 2.46. The Bertz CT molecular complexity index is 1320. The van der Waals surface area contributed by atoms with Crippen LogP contribution in [0.4, 0.5) is 11.5 Å². The number of hydrogen-bond donors (Lipinski definition) is 1. The minimum Gasteiger partial charge on any atom is -0.352 e. The molecule has 3 aromatic heterocycles. The largest absolute Gasteiger partial charge is 0.352 e. The lowest BCUT2D eigenvalue weighted by atomic mass is 9.81. The van der Waals surface area contributed by atoms with E-state index >= 15 is 0 Å². The topological polar surface area (TPSA) is 104 Å². The quantitative estimate of drug-likeness (QED) is 0.552. The first-order chi connectivity index (χ1) is 14.9. The lowest BCUT2D eigenvalue weighted by Gasteiger charge is -2.47. The Kier molecular flexibility index (Phi) is 4.22. The molecule has 9 nitrogen and oxygen atoms in total. The zero-order chi connectivity index (χ0) is 21.6. The second-order valence-corrected chi connectivity index (χ2v) is 8.10. The van der Waals surface area contributed by atoms with Crippen LogP contribution in [0.1, 0.15) is 12.5 Å². The third-order valence-electron chi connectivity index (χ3n) is 5.62. The Hall–Kier alpha value is -4.19. The first-order valence-corrected chi connectivity index (χ1v) is 9.84. The average molecular weight is 412 g/mol. The maximum Gasteiger partial charge on any atom is 0.233 e. The molecule has 1 amide bonds. The van der Waals surface area contributed by atoms with Gasteiger partial charge in [0.25, 0.3) is 0 Å². The number of hydrogen-bond acceptors (Lipinski definition) is 6. The maximum atomic E-state index is 12.9. The van der Waals surface area contributed by atoms with E-state index in [1.165, 1.54) is 6.33 Å². The predicted molar refractivity (Wildman–Crippen MR) is 115 cm³/mol. The highest BCUT2D eigenvalue weighted by Crippen LogP contribution is 2.37. The van der Waals surface area contributed by atoms with Gasteiger partial charge in [0.15, 0.2) is 5.82 Å². The fourth-order valence-electron chi connectivity index (χ4n) is 3.89. The van der Waals surface area contributed by atoms with Crippen molar-refractivity contribution in [2.45, 2.75) is 6.92 Å². The van der Waals surface area contributed by atoms with Crippen LogP contribution in [0.15, 0.2) is 55.2 Å². The predicted octanol–water partition coefficient (Wildman–Crippen LogP) is 2.47. The summed E-state index contributed by atoms with van der Waals surface area (Å²) in [4.78, 5) is 19.4. The summed E-state index contributed by atoms with van der Waals surface area (Å²) in [5.74, 6) is 0.749. The van der Waals surface area contributed by atoms with E-state index in [-0.39, 0.29) is 5.91 Å². The van der Waals surface area contributed by atoms with Crippen LogP contribution >= 0.6 is 0 Å². The Morgan fingerprint density at radius 2 is 1.94 bits per heavy atom. The van der Waals surface area contributed by atoms with Gasteiger partial charge >= 0.3 is 0 Å². The number of carbonyl (C=O) groups excluding carboxylic acids is 1. The Morgan fingerprint density at radius 3 is 2.61 bits per heavy atom. The van der Waals surface area contributed by atoms with Gasteiger partial charge in [-0.3, -0.25) is 9.48 Å². The zero-order valence-corrected chi connectivity index (χ0v) is 17.1. The SMILES string of the molecule is Cn1cc(-c2cc3c(N4CC(C)(C(=O)Nc5ccc(C#N)cc5)C4)ncnn3c2)cn1. The lowest BCUT2D eigenvalue weighted by Crippen LogP contribution is -2.60. The fourth-order valence-corrected chi connectivity index (χ4v) is 3.89. The molecule has 0 bridgehead atoms. The summed E-state index contributed by atoms with van der Waals surface area (Å²) >= 11 is 0. The van der Waals surface area contributed by atoms with E-state index in [4.69, 9.17) is 5.26 Å². The van der Waals surface area contributed by atoms with Gasteiger partial charge in [0, 0.05) is 49.3 Å². The molecule has 0 aliphatic carbocycles. The number of aryl methyl sites for hydroxylation is 1. The number of nitrogens with one attached hydrogen (secondary N) is 1. The molecular formula is C22H20N8O. The van der Waals surface area contributed by atoms with E-state index in [1.54, 1.807) is 33.5 Å². The van der Waals surface area contributed by atoms with Crippen molar-refractivity contribution in [3.8, 4) is 17.2 Å². The van der Waals surface area contributed by atoms with Crippen molar-refractivity contribution in [3.05, 3.63) is 60.8 Å². The van der Waals surface area contributed by atoms with Gasteiger partial charge in [-0.15, -0.1) is 0 Å². The molecule has 1 aromatic carbocycles. The second-order valence-electron chi connectivity index (χ2n) is 8.10. The van der Waals surface area contributed by atoms with Gasteiger partial charge in [0.1, 0.15) is 11.8 Å². The molecule has 4 aromatic rings. The van der Waals surface area contributed by atoms with E-state index in [0.29, 0.717) is 24.3 Å². The van der Waals surface area contributed by atoms with Crippen molar-refractivity contribution in [2.24, 2.45) is 12.5 Å². The molecule has 0 unspecified atom stereocenters. The number of nitriles is 1. The van der Waals surface area contributed by atoms with Crippen LogP contribution in [0, 0.1) is 16.7 Å². The number of anilines is 2. The first kappa shape index (κ1) is 18.8. The number of aromatic nitrogens is 5. The normalized spacial score (nSPS) is 14.8. The molecule has 0 spiro atoms. The number of fused-ring (bicyclic) bond motifs is 1. The molecule has 0 saturated carbocycles. The highest BCUT2D eigenvalue weighted by molar-refractivity contribution is 5.97. The van der Waals surface area contributed by atoms with Gasteiger partial charge in [-0.25, -0.2) is 9.50 Å². The molecule has 4 heterocycles. The molecule has 31 heavy (non-hydrogen) atoms. The monoisotopic (exact) mass is 412 g/mol. The van der Waals surface area contributed by atoms with E-state index in [0.717, 1.165) is 22.5 Å². The van der Waals surface area contributed by atoms with Crippen molar-refractivity contribution < 1.29 is 4.79 Å². The van der Waals surface area contributed by atoms with E-state index in [9.17, 15) is 4.79 Å². The zero-order valence-electron chi connectivity index (χ0n) is 17.1. The number of amides is 1. The summed E-state index contributed by atoms with van der Waals surface area (Å²) in [7, 11) is 1.88. The molecule has 1 aliphatic rings. The first-order valence-electron chi connectivity index (χ1n) is 9.84. The molecule has 9 heteroatoms. The summed E-state index contributed by atoms with van der Waals surface area (Å²) in [6, 6.07) is 11.0. The van der Waals surface area contributed by atoms with Crippen molar-refractivity contribution in [1.82, 2.24) is 24.4 Å². The summed E-state index contributed by atoms with van der Waals surface area (Å²) in [5.41, 5.74) is 3.61. The van der Waals surface area contributed by atoms with Gasteiger partial charge in [-0.05, 0) is 37.3 Å². The second kappa shape index (κ2) is 6.95. The van der Waals surface area contributed by atoms with Crippen molar-refractivity contribution in [1.29, 1.82) is 5.26 Å². The Balaban J connectivity index is 1.34. The summed E-state index contributed by atoms with van der Waals surface area (Å²) in [5, 5.41) is 20.4. The standard InChI is InChI=1S/C22H20N8O/c1-22(21(31)27-18-5-3-15(8-23)4-6-18)12-29(13-22)20-19-7-16(11-30(19)26-14-24-20)17-9-25-28(2)10-17/h3-7,9-11,14H,12-13H2,1-2H3,(H,27,31). The van der Waals surface area contributed by atoms with Gasteiger partial charge in [-0.2, -0.15) is 15.5 Å². The van der Waals surface area contributed by atoms with E-state index < -0.39 is 5.41 Å². The number of nitrogens with zero attached hydrogens (tertiary/aromatic N) is 7. The van der Waals surface area contributed by atoms with E-state index in [1.807, 2.05) is 38.6 Å². The van der Waals surface area contributed by atoms with Crippen LogP contribution in [0.5, 0.6) is 0 Å². The molecule has 1 saturated heterocycles. The van der Waals surface area contributed by atoms with Crippen LogP contribution in [0.3, 0.4) is 0 Å². The summed E-state index contributed by atoms with van der Waals surface area (Å²) < 4.78 is 3.56. The van der Waals surface area contributed by atoms with Crippen molar-refractivity contribution in [2.75, 3.05) is 23.3 Å². The molecular weight excluding hydrogens is 392 g/mol. The third kappa shape index (κ3) is 3.28. The van der Waals surface area contributed by atoms with E-state index in [2.05, 4.69) is 31.5 Å². The minimum atomic E-state index is -0.533. The average Bonchev–Trinajstić information content (AvgIpc) is 3.38. The Labute approximate surface area is 178 Å². The summed E-state index contributed by atoms with van der Waals surface area (Å²) in [6.45, 7) is 3.05.